The molecule has 2 rings (SSSR count). The number of nitrogens with two attached hydrogens (primary N) is 1. The minimum atomic E-state index is -0.133. The highest BCUT2D eigenvalue weighted by Gasteiger charge is 2.17. The van der Waals surface area contributed by atoms with E-state index in [9.17, 15) is 0 Å². The second-order valence-corrected chi connectivity index (χ2v) is 5.50. The lowest BCUT2D eigenvalue weighted by Gasteiger charge is -2.22. The minimum Gasteiger partial charge on any atom is -0.367 e. The molecule has 0 bridgehead atoms. The van der Waals surface area contributed by atoms with Gasteiger partial charge in [0.25, 0.3) is 0 Å². The van der Waals surface area contributed by atoms with Crippen LogP contribution >= 0.6 is 11.6 Å². The molecule has 0 spiro atoms. The van der Waals surface area contributed by atoms with Gasteiger partial charge in [-0.25, -0.2) is 0 Å². The van der Waals surface area contributed by atoms with E-state index in [1.165, 1.54) is 5.56 Å². The number of ether oxygens (including phenoxy) is 1. The highest BCUT2D eigenvalue weighted by molar-refractivity contribution is 6.31. The monoisotopic (exact) mass is 289 g/mol. The van der Waals surface area contributed by atoms with Gasteiger partial charge in [-0.05, 0) is 31.0 Å². The molecule has 20 heavy (non-hydrogen) atoms. The fourth-order valence-corrected chi connectivity index (χ4v) is 2.29. The zero-order valence-corrected chi connectivity index (χ0v) is 12.6. The number of rotatable bonds is 5. The maximum Gasteiger partial charge on any atom is 0.0977 e. The Morgan fingerprint density at radius 3 is 2.35 bits per heavy atom. The van der Waals surface area contributed by atoms with Gasteiger partial charge >= 0.3 is 0 Å². The largest absolute Gasteiger partial charge is 0.367 e. The molecule has 2 aromatic rings. The van der Waals surface area contributed by atoms with Crippen LogP contribution < -0.4 is 5.73 Å². The van der Waals surface area contributed by atoms with Gasteiger partial charge in [0.05, 0.1) is 12.7 Å². The molecule has 0 radical (unpaired) electrons. The molecule has 3 heteroatoms. The molecule has 0 aliphatic carbocycles. The third kappa shape index (κ3) is 3.83. The van der Waals surface area contributed by atoms with Gasteiger partial charge in [0.15, 0.2) is 0 Å². The molecule has 2 N–H and O–H groups in total. The second-order valence-electron chi connectivity index (χ2n) is 5.09. The first-order valence-electron chi connectivity index (χ1n) is 6.75. The van der Waals surface area contributed by atoms with E-state index in [2.05, 4.69) is 31.2 Å². The average molecular weight is 290 g/mol. The average Bonchev–Trinajstić information content (AvgIpc) is 2.42. The van der Waals surface area contributed by atoms with Crippen LogP contribution in [0.5, 0.6) is 0 Å². The van der Waals surface area contributed by atoms with E-state index in [0.29, 0.717) is 6.61 Å². The van der Waals surface area contributed by atoms with Crippen LogP contribution in [-0.2, 0) is 11.3 Å². The van der Waals surface area contributed by atoms with Crippen molar-refractivity contribution in [3.8, 4) is 0 Å². The molecule has 0 saturated carbocycles. The quantitative estimate of drug-likeness (QED) is 0.893. The summed E-state index contributed by atoms with van der Waals surface area (Å²) in [6.45, 7) is 4.48. The van der Waals surface area contributed by atoms with Crippen molar-refractivity contribution in [2.45, 2.75) is 32.6 Å². The van der Waals surface area contributed by atoms with Gasteiger partial charge in [-0.2, -0.15) is 0 Å². The molecule has 2 aromatic carbocycles. The van der Waals surface area contributed by atoms with Crippen LogP contribution in [0.25, 0.3) is 0 Å². The van der Waals surface area contributed by atoms with Crippen LogP contribution in [0.2, 0.25) is 5.02 Å². The van der Waals surface area contributed by atoms with Crippen LogP contribution in [0.15, 0.2) is 48.5 Å². The van der Waals surface area contributed by atoms with E-state index in [4.69, 9.17) is 22.1 Å². The van der Waals surface area contributed by atoms with Crippen molar-refractivity contribution in [1.29, 1.82) is 0 Å². The number of halogens is 1. The Morgan fingerprint density at radius 1 is 1.10 bits per heavy atom. The van der Waals surface area contributed by atoms with Crippen molar-refractivity contribution < 1.29 is 4.74 Å². The molecule has 0 aromatic heterocycles. The van der Waals surface area contributed by atoms with Crippen LogP contribution in [0.1, 0.15) is 29.7 Å². The third-order valence-corrected chi connectivity index (χ3v) is 3.63. The van der Waals surface area contributed by atoms with Gasteiger partial charge < -0.3 is 10.5 Å². The molecule has 0 heterocycles. The Bertz CT molecular complexity index is 551. The van der Waals surface area contributed by atoms with E-state index in [1.54, 1.807) is 0 Å². The predicted octanol–water partition coefficient (Wildman–Crippen LogP) is 4.25. The van der Waals surface area contributed by atoms with E-state index in [-0.39, 0.29) is 12.1 Å². The minimum absolute atomic E-state index is 0.0832. The first kappa shape index (κ1) is 15.0. The fraction of sp³-hybridized carbons (Fsp3) is 0.294. The molecule has 2 nitrogen and oxygen atoms in total. The zero-order chi connectivity index (χ0) is 14.5. The van der Waals surface area contributed by atoms with E-state index in [1.807, 2.05) is 31.2 Å². The highest BCUT2D eigenvalue weighted by Crippen LogP contribution is 2.24. The van der Waals surface area contributed by atoms with Gasteiger partial charge in [0.2, 0.25) is 0 Å². The number of benzene rings is 2. The summed E-state index contributed by atoms with van der Waals surface area (Å²) in [6.07, 6.45) is -0.133. The van der Waals surface area contributed by atoms with E-state index in [0.717, 1.165) is 16.1 Å². The molecule has 0 aliphatic rings. The Balaban J connectivity index is 2.11. The molecule has 0 saturated heterocycles. The molecular weight excluding hydrogens is 270 g/mol. The summed E-state index contributed by atoms with van der Waals surface area (Å²) in [5, 5.41) is 0.722. The number of aryl methyl sites for hydroxylation is 1. The summed E-state index contributed by atoms with van der Waals surface area (Å²) in [4.78, 5) is 0. The second kappa shape index (κ2) is 6.89. The van der Waals surface area contributed by atoms with Gasteiger partial charge in [0.1, 0.15) is 0 Å². The predicted molar refractivity (Wildman–Crippen MR) is 83.8 cm³/mol. The van der Waals surface area contributed by atoms with Crippen molar-refractivity contribution in [2.24, 2.45) is 5.73 Å². The van der Waals surface area contributed by atoms with Crippen molar-refractivity contribution in [3.63, 3.8) is 0 Å². The Labute approximate surface area is 125 Å². The van der Waals surface area contributed by atoms with Crippen LogP contribution in [0.3, 0.4) is 0 Å². The molecular formula is C17H20ClNO. The number of hydrogen-bond acceptors (Lipinski definition) is 2. The summed E-state index contributed by atoms with van der Waals surface area (Å²) in [5.74, 6) is 0. The SMILES string of the molecule is Cc1ccc(C(OCc2ccccc2Cl)C(C)N)cc1. The first-order chi connectivity index (χ1) is 9.58. The maximum absolute atomic E-state index is 6.14. The van der Waals surface area contributed by atoms with Gasteiger partial charge in [-0.3, -0.25) is 0 Å². The van der Waals surface area contributed by atoms with Gasteiger partial charge in [-0.1, -0.05) is 59.6 Å². The summed E-state index contributed by atoms with van der Waals surface area (Å²) in [6, 6.07) is 15.9. The first-order valence-corrected chi connectivity index (χ1v) is 7.13. The highest BCUT2D eigenvalue weighted by atomic mass is 35.5. The van der Waals surface area contributed by atoms with Crippen molar-refractivity contribution in [3.05, 3.63) is 70.2 Å². The molecule has 0 aliphatic heterocycles. The molecule has 2 atom stereocenters. The van der Waals surface area contributed by atoms with Crippen molar-refractivity contribution >= 4 is 11.6 Å². The van der Waals surface area contributed by atoms with Gasteiger partial charge in [0, 0.05) is 11.1 Å². The lowest BCUT2D eigenvalue weighted by atomic mass is 10.0. The van der Waals surface area contributed by atoms with E-state index >= 15 is 0 Å². The topological polar surface area (TPSA) is 35.2 Å². The van der Waals surface area contributed by atoms with Crippen molar-refractivity contribution in [2.75, 3.05) is 0 Å². The summed E-state index contributed by atoms with van der Waals surface area (Å²) >= 11 is 6.14. The van der Waals surface area contributed by atoms with Crippen molar-refractivity contribution in [1.82, 2.24) is 0 Å². The fourth-order valence-electron chi connectivity index (χ4n) is 2.10. The molecule has 0 amide bonds. The van der Waals surface area contributed by atoms with Crippen LogP contribution in [0, 0.1) is 6.92 Å². The van der Waals surface area contributed by atoms with Gasteiger partial charge in [-0.15, -0.1) is 0 Å². The molecule has 0 fully saturated rings. The maximum atomic E-state index is 6.14. The third-order valence-electron chi connectivity index (χ3n) is 3.26. The zero-order valence-electron chi connectivity index (χ0n) is 11.8. The summed E-state index contributed by atoms with van der Waals surface area (Å²) in [7, 11) is 0. The summed E-state index contributed by atoms with van der Waals surface area (Å²) < 4.78 is 5.99. The Kier molecular flexibility index (Phi) is 5.18. The Hall–Kier alpha value is -1.35. The smallest absolute Gasteiger partial charge is 0.0977 e. The lowest BCUT2D eigenvalue weighted by Crippen LogP contribution is -2.27. The number of hydrogen-bond donors (Lipinski definition) is 1. The summed E-state index contributed by atoms with van der Waals surface area (Å²) in [5.41, 5.74) is 9.35. The molecule has 2 unspecified atom stereocenters. The lowest BCUT2D eigenvalue weighted by molar-refractivity contribution is 0.0259. The van der Waals surface area contributed by atoms with Crippen LogP contribution in [0.4, 0.5) is 0 Å². The Morgan fingerprint density at radius 2 is 1.75 bits per heavy atom. The molecule has 106 valence electrons. The van der Waals surface area contributed by atoms with Crippen LogP contribution in [-0.4, -0.2) is 6.04 Å². The van der Waals surface area contributed by atoms with E-state index < -0.39 is 0 Å². The normalized spacial score (nSPS) is 14.0. The standard InChI is InChI=1S/C17H20ClNO/c1-12-7-9-14(10-8-12)17(13(2)19)20-11-15-5-3-4-6-16(15)18/h3-10,13,17H,11,19H2,1-2H3.